The average Bonchev–Trinajstić information content (AvgIpc) is 3.22. The van der Waals surface area contributed by atoms with E-state index in [0.717, 1.165) is 12.5 Å². The maximum Gasteiger partial charge on any atom is 0.0346 e. The molecule has 1 aliphatic carbocycles. The summed E-state index contributed by atoms with van der Waals surface area (Å²) >= 11 is 0. The number of hydrogen-bond donors (Lipinski definition) is 1. The summed E-state index contributed by atoms with van der Waals surface area (Å²) in [4.78, 5) is 0. The highest BCUT2D eigenvalue weighted by molar-refractivity contribution is 5.67. The van der Waals surface area contributed by atoms with Gasteiger partial charge in [-0.2, -0.15) is 0 Å². The smallest absolute Gasteiger partial charge is 0.0346 e. The first-order valence-electron chi connectivity index (χ1n) is 6.31. The van der Waals surface area contributed by atoms with Crippen molar-refractivity contribution in [3.05, 3.63) is 54.6 Å². The van der Waals surface area contributed by atoms with Crippen molar-refractivity contribution in [2.75, 3.05) is 11.9 Å². The molecule has 0 heterocycles. The summed E-state index contributed by atoms with van der Waals surface area (Å²) in [5.41, 5.74) is 3.80. The molecule has 0 bridgehead atoms. The van der Waals surface area contributed by atoms with Crippen molar-refractivity contribution in [1.82, 2.24) is 0 Å². The molecule has 0 saturated heterocycles. The van der Waals surface area contributed by atoms with Crippen LogP contribution in [0.1, 0.15) is 12.8 Å². The lowest BCUT2D eigenvalue weighted by molar-refractivity contribution is 0.889. The molecule has 1 fully saturated rings. The third kappa shape index (κ3) is 2.68. The second-order valence-electron chi connectivity index (χ2n) is 4.77. The van der Waals surface area contributed by atoms with Gasteiger partial charge in [-0.15, -0.1) is 0 Å². The molecule has 1 heteroatoms. The fourth-order valence-corrected chi connectivity index (χ4v) is 2.02. The highest BCUT2D eigenvalue weighted by Gasteiger charge is 2.20. The summed E-state index contributed by atoms with van der Waals surface area (Å²) in [6.07, 6.45) is 2.79. The van der Waals surface area contributed by atoms with Gasteiger partial charge in [0.05, 0.1) is 0 Å². The van der Waals surface area contributed by atoms with E-state index in [2.05, 4.69) is 59.9 Å². The summed E-state index contributed by atoms with van der Waals surface area (Å²) in [6, 6.07) is 19.2. The van der Waals surface area contributed by atoms with Crippen molar-refractivity contribution < 1.29 is 0 Å². The summed E-state index contributed by atoms with van der Waals surface area (Å²) in [5.74, 6) is 0.912. The minimum absolute atomic E-state index is 0.912. The molecule has 86 valence electrons. The molecule has 3 rings (SSSR count). The molecular formula is C16H17N. The van der Waals surface area contributed by atoms with Crippen molar-refractivity contribution in [1.29, 1.82) is 0 Å². The monoisotopic (exact) mass is 223 g/mol. The van der Waals surface area contributed by atoms with E-state index in [-0.39, 0.29) is 0 Å². The van der Waals surface area contributed by atoms with Gasteiger partial charge in [-0.3, -0.25) is 0 Å². The van der Waals surface area contributed by atoms with Gasteiger partial charge in [-0.05, 0) is 42.0 Å². The first kappa shape index (κ1) is 10.4. The molecule has 0 unspecified atom stereocenters. The molecule has 0 atom stereocenters. The van der Waals surface area contributed by atoms with E-state index in [1.807, 2.05) is 0 Å². The zero-order valence-electron chi connectivity index (χ0n) is 9.89. The molecule has 2 aromatic rings. The molecule has 0 radical (unpaired) electrons. The van der Waals surface area contributed by atoms with Gasteiger partial charge in [-0.1, -0.05) is 42.5 Å². The Bertz CT molecular complexity index is 486. The normalized spacial score (nSPS) is 14.6. The van der Waals surface area contributed by atoms with E-state index in [1.54, 1.807) is 0 Å². The second-order valence-corrected chi connectivity index (χ2v) is 4.77. The van der Waals surface area contributed by atoms with Crippen molar-refractivity contribution in [2.45, 2.75) is 12.8 Å². The minimum Gasteiger partial charge on any atom is -0.385 e. The zero-order valence-corrected chi connectivity index (χ0v) is 9.89. The molecular weight excluding hydrogens is 206 g/mol. The van der Waals surface area contributed by atoms with Crippen LogP contribution in [-0.2, 0) is 0 Å². The van der Waals surface area contributed by atoms with Gasteiger partial charge < -0.3 is 5.32 Å². The fraction of sp³-hybridized carbons (Fsp3) is 0.250. The molecule has 0 amide bonds. The van der Waals surface area contributed by atoms with Gasteiger partial charge in [0.15, 0.2) is 0 Å². The molecule has 1 nitrogen and oxygen atoms in total. The summed E-state index contributed by atoms with van der Waals surface area (Å²) in [5, 5.41) is 3.52. The Hall–Kier alpha value is -1.76. The van der Waals surface area contributed by atoms with Gasteiger partial charge in [0.25, 0.3) is 0 Å². The Labute approximate surface area is 102 Å². The summed E-state index contributed by atoms with van der Waals surface area (Å²) in [7, 11) is 0. The van der Waals surface area contributed by atoms with E-state index in [0.29, 0.717) is 0 Å². The van der Waals surface area contributed by atoms with Crippen LogP contribution < -0.4 is 5.32 Å². The Kier molecular flexibility index (Phi) is 2.83. The maximum atomic E-state index is 3.52. The molecule has 0 aromatic heterocycles. The van der Waals surface area contributed by atoms with Crippen LogP contribution in [0.5, 0.6) is 0 Å². The molecule has 0 aliphatic heterocycles. The average molecular weight is 223 g/mol. The van der Waals surface area contributed by atoms with Gasteiger partial charge in [0, 0.05) is 12.2 Å². The molecule has 1 N–H and O–H groups in total. The topological polar surface area (TPSA) is 12.0 Å². The zero-order chi connectivity index (χ0) is 11.5. The first-order chi connectivity index (χ1) is 8.42. The van der Waals surface area contributed by atoms with Crippen LogP contribution >= 0.6 is 0 Å². The molecule has 2 aromatic carbocycles. The van der Waals surface area contributed by atoms with Gasteiger partial charge in [0.1, 0.15) is 0 Å². The SMILES string of the molecule is c1ccc(-c2cccc(NCC3CC3)c2)cc1. The standard InChI is InChI=1S/C16H17N/c1-2-5-14(6-3-1)15-7-4-8-16(11-15)17-12-13-9-10-13/h1-8,11,13,17H,9-10,12H2. The highest BCUT2D eigenvalue weighted by Crippen LogP contribution is 2.29. The largest absolute Gasteiger partial charge is 0.385 e. The predicted octanol–water partition coefficient (Wildman–Crippen LogP) is 4.18. The fourth-order valence-electron chi connectivity index (χ4n) is 2.02. The predicted molar refractivity (Wildman–Crippen MR) is 73.1 cm³/mol. The lowest BCUT2D eigenvalue weighted by atomic mass is 10.1. The highest BCUT2D eigenvalue weighted by atomic mass is 14.9. The summed E-state index contributed by atoms with van der Waals surface area (Å²) < 4.78 is 0. The third-order valence-electron chi connectivity index (χ3n) is 3.26. The van der Waals surface area contributed by atoms with Crippen LogP contribution in [0.2, 0.25) is 0 Å². The van der Waals surface area contributed by atoms with Crippen molar-refractivity contribution in [2.24, 2.45) is 5.92 Å². The number of benzene rings is 2. The molecule has 1 saturated carbocycles. The van der Waals surface area contributed by atoms with Gasteiger partial charge >= 0.3 is 0 Å². The first-order valence-corrected chi connectivity index (χ1v) is 6.31. The Morgan fingerprint density at radius 2 is 1.65 bits per heavy atom. The van der Waals surface area contributed by atoms with E-state index < -0.39 is 0 Å². The number of hydrogen-bond acceptors (Lipinski definition) is 1. The van der Waals surface area contributed by atoms with Crippen molar-refractivity contribution in [3.63, 3.8) is 0 Å². The van der Waals surface area contributed by atoms with Crippen LogP contribution in [-0.4, -0.2) is 6.54 Å². The number of anilines is 1. The van der Waals surface area contributed by atoms with Crippen LogP contribution in [0.15, 0.2) is 54.6 Å². The van der Waals surface area contributed by atoms with E-state index in [4.69, 9.17) is 0 Å². The third-order valence-corrected chi connectivity index (χ3v) is 3.26. The summed E-state index contributed by atoms with van der Waals surface area (Å²) in [6.45, 7) is 1.12. The Balaban J connectivity index is 1.78. The number of nitrogens with one attached hydrogen (secondary N) is 1. The lowest BCUT2D eigenvalue weighted by Crippen LogP contribution is -2.02. The Morgan fingerprint density at radius 3 is 2.41 bits per heavy atom. The molecule has 17 heavy (non-hydrogen) atoms. The second kappa shape index (κ2) is 4.62. The van der Waals surface area contributed by atoms with Crippen LogP contribution in [0.25, 0.3) is 11.1 Å². The minimum atomic E-state index is 0.912. The van der Waals surface area contributed by atoms with Gasteiger partial charge in [0.2, 0.25) is 0 Å². The van der Waals surface area contributed by atoms with Crippen molar-refractivity contribution in [3.8, 4) is 11.1 Å². The van der Waals surface area contributed by atoms with E-state index >= 15 is 0 Å². The van der Waals surface area contributed by atoms with Crippen LogP contribution in [0, 0.1) is 5.92 Å². The molecule has 1 aliphatic rings. The Morgan fingerprint density at radius 1 is 0.882 bits per heavy atom. The van der Waals surface area contributed by atoms with E-state index in [1.165, 1.54) is 29.7 Å². The quantitative estimate of drug-likeness (QED) is 0.820. The van der Waals surface area contributed by atoms with Gasteiger partial charge in [-0.25, -0.2) is 0 Å². The molecule has 0 spiro atoms. The number of rotatable bonds is 4. The van der Waals surface area contributed by atoms with Crippen LogP contribution in [0.4, 0.5) is 5.69 Å². The van der Waals surface area contributed by atoms with Crippen molar-refractivity contribution >= 4 is 5.69 Å². The van der Waals surface area contributed by atoms with Crippen LogP contribution in [0.3, 0.4) is 0 Å². The van der Waals surface area contributed by atoms with E-state index in [9.17, 15) is 0 Å². The lowest BCUT2D eigenvalue weighted by Gasteiger charge is -2.07. The maximum absolute atomic E-state index is 3.52.